The number of hydrogen-bond acceptors (Lipinski definition) is 5. The van der Waals surface area contributed by atoms with Gasteiger partial charge in [0.15, 0.2) is 6.61 Å². The normalized spacial score (nSPS) is 16.3. The van der Waals surface area contributed by atoms with E-state index < -0.39 is 18.2 Å². The number of rotatable bonds is 6. The maximum absolute atomic E-state index is 12.8. The molecular weight excluding hydrogens is 432 g/mol. The van der Waals surface area contributed by atoms with Gasteiger partial charge >= 0.3 is 6.09 Å². The second kappa shape index (κ2) is 9.53. The first-order chi connectivity index (χ1) is 15.5. The molecule has 0 saturated heterocycles. The van der Waals surface area contributed by atoms with Crippen LogP contribution in [0.4, 0.5) is 4.79 Å². The molecule has 0 bridgehead atoms. The van der Waals surface area contributed by atoms with E-state index in [0.717, 1.165) is 27.7 Å². The topological polar surface area (TPSA) is 95.0 Å². The Labute approximate surface area is 190 Å². The summed E-state index contributed by atoms with van der Waals surface area (Å²) in [7, 11) is 0. The Morgan fingerprint density at radius 3 is 2.81 bits per heavy atom. The van der Waals surface area contributed by atoms with Crippen molar-refractivity contribution in [3.05, 3.63) is 64.3 Å². The largest absolute Gasteiger partial charge is 0.491 e. The molecule has 8 heteroatoms. The van der Waals surface area contributed by atoms with Gasteiger partial charge in [-0.3, -0.25) is 4.90 Å². The minimum absolute atomic E-state index is 0.0171. The fourth-order valence-corrected chi connectivity index (χ4v) is 4.15. The van der Waals surface area contributed by atoms with Crippen LogP contribution in [0.25, 0.3) is 10.9 Å². The molecule has 4 rings (SSSR count). The molecule has 7 nitrogen and oxygen atoms in total. The molecule has 2 heterocycles. The highest BCUT2D eigenvalue weighted by molar-refractivity contribution is 6.31. The van der Waals surface area contributed by atoms with E-state index in [2.05, 4.69) is 10.9 Å². The fourth-order valence-electron chi connectivity index (χ4n) is 3.98. The molecule has 0 fully saturated rings. The summed E-state index contributed by atoms with van der Waals surface area (Å²) in [6.07, 6.45) is 4.48. The first kappa shape index (κ1) is 22.0. The van der Waals surface area contributed by atoms with Crippen LogP contribution in [0.2, 0.25) is 5.02 Å². The Balaban J connectivity index is 1.71. The number of nitrogens with one attached hydrogen (secondary N) is 1. The van der Waals surface area contributed by atoms with Gasteiger partial charge in [-0.15, -0.1) is 6.42 Å². The van der Waals surface area contributed by atoms with Gasteiger partial charge in [0, 0.05) is 28.2 Å². The number of carbonyl (C=O) groups is 1. The van der Waals surface area contributed by atoms with Crippen molar-refractivity contribution in [3.63, 3.8) is 0 Å². The summed E-state index contributed by atoms with van der Waals surface area (Å²) in [4.78, 5) is 17.9. The SMILES string of the molecule is C#CCOC(=O)N1CCc2c([nH]c3ccc(Cl)cc23)C1c1ccc(OCC(O)CO)cc1. The van der Waals surface area contributed by atoms with E-state index in [-0.39, 0.29) is 19.8 Å². The third-order valence-corrected chi connectivity index (χ3v) is 5.69. The molecule has 1 amide bonds. The van der Waals surface area contributed by atoms with Gasteiger partial charge in [0.05, 0.1) is 6.61 Å². The Morgan fingerprint density at radius 2 is 2.09 bits per heavy atom. The molecule has 1 aliphatic heterocycles. The van der Waals surface area contributed by atoms with Crippen LogP contribution in [0.3, 0.4) is 0 Å². The summed E-state index contributed by atoms with van der Waals surface area (Å²) < 4.78 is 10.7. The maximum atomic E-state index is 12.8. The number of aromatic nitrogens is 1. The minimum Gasteiger partial charge on any atom is -0.491 e. The molecular formula is C24H23ClN2O5. The minimum atomic E-state index is -0.949. The third kappa shape index (κ3) is 4.39. The number of terminal acetylenes is 1. The average molecular weight is 455 g/mol. The number of hydrogen-bond donors (Lipinski definition) is 3. The van der Waals surface area contributed by atoms with Crippen LogP contribution in [0, 0.1) is 12.3 Å². The van der Waals surface area contributed by atoms with Crippen molar-refractivity contribution in [2.45, 2.75) is 18.6 Å². The zero-order chi connectivity index (χ0) is 22.7. The molecule has 0 spiro atoms. The Bertz CT molecular complexity index is 1150. The van der Waals surface area contributed by atoms with Gasteiger partial charge in [-0.25, -0.2) is 4.79 Å². The third-order valence-electron chi connectivity index (χ3n) is 5.45. The molecule has 0 aliphatic carbocycles. The molecule has 0 saturated carbocycles. The molecule has 1 aromatic heterocycles. The molecule has 0 radical (unpaired) electrons. The monoisotopic (exact) mass is 454 g/mol. The van der Waals surface area contributed by atoms with Crippen LogP contribution in [-0.2, 0) is 11.2 Å². The van der Waals surface area contributed by atoms with Gasteiger partial charge in [-0.1, -0.05) is 29.7 Å². The van der Waals surface area contributed by atoms with Gasteiger partial charge in [0.2, 0.25) is 0 Å². The number of halogens is 1. The Morgan fingerprint density at radius 1 is 1.31 bits per heavy atom. The first-order valence-corrected chi connectivity index (χ1v) is 10.6. The molecule has 2 aromatic carbocycles. The summed E-state index contributed by atoms with van der Waals surface area (Å²) in [5.74, 6) is 2.87. The Kier molecular flexibility index (Phi) is 6.56. The number of carbonyl (C=O) groups excluding carboxylic acids is 1. The number of fused-ring (bicyclic) bond motifs is 3. The first-order valence-electron chi connectivity index (χ1n) is 10.2. The number of aliphatic hydroxyl groups is 2. The lowest BCUT2D eigenvalue weighted by Gasteiger charge is -2.35. The summed E-state index contributed by atoms with van der Waals surface area (Å²) >= 11 is 6.22. The summed E-state index contributed by atoms with van der Waals surface area (Å²) in [5, 5.41) is 20.1. The summed E-state index contributed by atoms with van der Waals surface area (Å²) in [6, 6.07) is 12.5. The number of amides is 1. The number of aliphatic hydroxyl groups excluding tert-OH is 2. The van der Waals surface area contributed by atoms with Crippen molar-refractivity contribution >= 4 is 28.6 Å². The van der Waals surface area contributed by atoms with Gasteiger partial charge in [-0.05, 0) is 47.9 Å². The van der Waals surface area contributed by atoms with Crippen molar-refractivity contribution in [2.75, 3.05) is 26.4 Å². The average Bonchev–Trinajstić information content (AvgIpc) is 3.18. The van der Waals surface area contributed by atoms with Gasteiger partial charge in [-0.2, -0.15) is 0 Å². The smallest absolute Gasteiger partial charge is 0.411 e. The number of aromatic amines is 1. The highest BCUT2D eigenvalue weighted by atomic mass is 35.5. The van der Waals surface area contributed by atoms with Crippen LogP contribution < -0.4 is 4.74 Å². The predicted octanol–water partition coefficient (Wildman–Crippen LogP) is 3.27. The van der Waals surface area contributed by atoms with Crippen molar-refractivity contribution in [1.82, 2.24) is 9.88 Å². The van der Waals surface area contributed by atoms with Crippen molar-refractivity contribution in [2.24, 2.45) is 0 Å². The molecule has 32 heavy (non-hydrogen) atoms. The number of nitrogens with zero attached hydrogens (tertiary/aromatic N) is 1. The standard InChI is InChI=1S/C24H23ClN2O5/c1-2-11-31-24(30)27-10-9-19-20-12-16(25)5-8-21(20)26-22(19)23(27)15-3-6-18(7-4-15)32-14-17(29)13-28/h1,3-8,12,17,23,26,28-29H,9-11,13-14H2. The second-order valence-corrected chi connectivity index (χ2v) is 7.96. The Hall–Kier alpha value is -3.18. The lowest BCUT2D eigenvalue weighted by atomic mass is 9.92. The summed E-state index contributed by atoms with van der Waals surface area (Å²) in [6.45, 7) is -0.0303. The van der Waals surface area contributed by atoms with Crippen molar-refractivity contribution < 1.29 is 24.5 Å². The molecule has 3 N–H and O–H groups in total. The lowest BCUT2D eigenvalue weighted by molar-refractivity contribution is 0.0536. The number of benzene rings is 2. The second-order valence-electron chi connectivity index (χ2n) is 7.53. The van der Waals surface area contributed by atoms with E-state index in [1.54, 1.807) is 17.0 Å². The molecule has 2 atom stereocenters. The van der Waals surface area contributed by atoms with Crippen LogP contribution in [0.1, 0.15) is 22.9 Å². The highest BCUT2D eigenvalue weighted by Crippen LogP contribution is 2.39. The van der Waals surface area contributed by atoms with E-state index in [1.807, 2.05) is 30.3 Å². The number of H-pyrrole nitrogens is 1. The zero-order valence-corrected chi connectivity index (χ0v) is 18.0. The van der Waals surface area contributed by atoms with E-state index in [4.69, 9.17) is 32.6 Å². The van der Waals surface area contributed by atoms with E-state index in [0.29, 0.717) is 23.7 Å². The number of ether oxygens (including phenoxy) is 2. The fraction of sp³-hybridized carbons (Fsp3) is 0.292. The predicted molar refractivity (Wildman–Crippen MR) is 121 cm³/mol. The van der Waals surface area contributed by atoms with Gasteiger partial charge in [0.25, 0.3) is 0 Å². The highest BCUT2D eigenvalue weighted by Gasteiger charge is 2.35. The van der Waals surface area contributed by atoms with Gasteiger partial charge in [0.1, 0.15) is 24.5 Å². The zero-order valence-electron chi connectivity index (χ0n) is 17.3. The van der Waals surface area contributed by atoms with Crippen LogP contribution >= 0.6 is 11.6 Å². The van der Waals surface area contributed by atoms with Gasteiger partial charge < -0.3 is 24.7 Å². The molecule has 1 aliphatic rings. The lowest BCUT2D eigenvalue weighted by Crippen LogP contribution is -2.41. The molecule has 166 valence electrons. The van der Waals surface area contributed by atoms with Crippen LogP contribution in [-0.4, -0.2) is 58.7 Å². The molecule has 3 aromatic rings. The quantitative estimate of drug-likeness (QED) is 0.497. The van der Waals surface area contributed by atoms with Crippen LogP contribution in [0.5, 0.6) is 5.75 Å². The summed E-state index contributed by atoms with van der Waals surface area (Å²) in [5.41, 5.74) is 3.81. The van der Waals surface area contributed by atoms with E-state index in [9.17, 15) is 9.90 Å². The van der Waals surface area contributed by atoms with Crippen LogP contribution in [0.15, 0.2) is 42.5 Å². The van der Waals surface area contributed by atoms with E-state index in [1.165, 1.54) is 0 Å². The van der Waals surface area contributed by atoms with Crippen molar-refractivity contribution in [3.8, 4) is 18.1 Å². The molecule has 2 unspecified atom stereocenters. The van der Waals surface area contributed by atoms with Crippen molar-refractivity contribution in [1.29, 1.82) is 0 Å². The maximum Gasteiger partial charge on any atom is 0.411 e. The van der Waals surface area contributed by atoms with E-state index >= 15 is 0 Å².